The zero-order valence-corrected chi connectivity index (χ0v) is 7.01. The van der Waals surface area contributed by atoms with E-state index < -0.39 is 11.9 Å². The molecular formula is C8H12O5. The Bertz CT molecular complexity index is 179. The van der Waals surface area contributed by atoms with Crippen molar-refractivity contribution in [2.45, 2.75) is 6.42 Å². The molecule has 0 heterocycles. The Morgan fingerprint density at radius 2 is 1.54 bits per heavy atom. The first-order chi connectivity index (χ1) is 6.04. The lowest BCUT2D eigenvalue weighted by Crippen LogP contribution is -1.91. The summed E-state index contributed by atoms with van der Waals surface area (Å²) in [6.07, 6.45) is 3.50. The average Bonchev–Trinajstić information content (AvgIpc) is 2.03. The van der Waals surface area contributed by atoms with Gasteiger partial charge in [0.1, 0.15) is 0 Å². The summed E-state index contributed by atoms with van der Waals surface area (Å²) in [4.78, 5) is 19.1. The van der Waals surface area contributed by atoms with E-state index >= 15 is 0 Å². The summed E-state index contributed by atoms with van der Waals surface area (Å²) in [5, 5.41) is 23.6. The second-order valence-corrected chi connectivity index (χ2v) is 1.81. The first-order valence-corrected chi connectivity index (χ1v) is 3.40. The van der Waals surface area contributed by atoms with Crippen molar-refractivity contribution in [3.05, 3.63) is 24.8 Å². The summed E-state index contributed by atoms with van der Waals surface area (Å²) in [6.45, 7) is 3.62. The molecule has 0 saturated heterocycles. The number of rotatable bonds is 4. The maximum Gasteiger partial charge on any atom is 0.328 e. The fraction of sp³-hybridized carbons (Fsp3) is 0.250. The predicted molar refractivity (Wildman–Crippen MR) is 46.3 cm³/mol. The molecule has 5 heteroatoms. The molecule has 0 radical (unpaired) electrons. The maximum atomic E-state index is 9.55. The minimum Gasteiger partial charge on any atom is -0.478 e. The molecule has 0 aromatic carbocycles. The normalized spacial score (nSPS) is 8.69. The Kier molecular flexibility index (Phi) is 11.1. The van der Waals surface area contributed by atoms with Crippen molar-refractivity contribution in [3.8, 4) is 0 Å². The van der Waals surface area contributed by atoms with E-state index in [0.717, 1.165) is 0 Å². The molecule has 0 atom stereocenters. The monoisotopic (exact) mass is 188 g/mol. The SMILES string of the molecule is C=CCCO.O=C(O)/C=C\C(=O)O. The van der Waals surface area contributed by atoms with Gasteiger partial charge in [0.2, 0.25) is 0 Å². The van der Waals surface area contributed by atoms with E-state index in [0.29, 0.717) is 18.6 Å². The molecule has 13 heavy (non-hydrogen) atoms. The third-order valence-electron chi connectivity index (χ3n) is 0.702. The molecule has 0 aromatic rings. The van der Waals surface area contributed by atoms with Crippen molar-refractivity contribution >= 4 is 11.9 Å². The Hall–Kier alpha value is -1.62. The van der Waals surface area contributed by atoms with Crippen LogP contribution < -0.4 is 0 Å². The highest BCUT2D eigenvalue weighted by Crippen LogP contribution is 1.70. The lowest BCUT2D eigenvalue weighted by molar-refractivity contribution is -0.134. The van der Waals surface area contributed by atoms with Crippen LogP contribution in [0.2, 0.25) is 0 Å². The third-order valence-corrected chi connectivity index (χ3v) is 0.702. The number of hydrogen-bond acceptors (Lipinski definition) is 3. The largest absolute Gasteiger partial charge is 0.478 e. The lowest BCUT2D eigenvalue weighted by atomic mass is 10.5. The molecule has 0 fully saturated rings. The van der Waals surface area contributed by atoms with E-state index in [2.05, 4.69) is 6.58 Å². The zero-order chi connectivity index (χ0) is 10.7. The van der Waals surface area contributed by atoms with Gasteiger partial charge >= 0.3 is 11.9 Å². The van der Waals surface area contributed by atoms with E-state index in [1.807, 2.05) is 0 Å². The maximum absolute atomic E-state index is 9.55. The Balaban J connectivity index is 0. The fourth-order valence-corrected chi connectivity index (χ4v) is 0.234. The number of carboxylic acids is 2. The second kappa shape index (κ2) is 10.4. The average molecular weight is 188 g/mol. The summed E-state index contributed by atoms with van der Waals surface area (Å²) in [7, 11) is 0. The molecular weight excluding hydrogens is 176 g/mol. The molecule has 74 valence electrons. The molecule has 0 bridgehead atoms. The van der Waals surface area contributed by atoms with Gasteiger partial charge in [-0.1, -0.05) is 6.08 Å². The van der Waals surface area contributed by atoms with Crippen molar-refractivity contribution in [1.82, 2.24) is 0 Å². The van der Waals surface area contributed by atoms with Gasteiger partial charge in [-0.25, -0.2) is 9.59 Å². The summed E-state index contributed by atoms with van der Waals surface area (Å²) in [5.41, 5.74) is 0. The van der Waals surface area contributed by atoms with Crippen LogP contribution >= 0.6 is 0 Å². The van der Waals surface area contributed by atoms with Crippen molar-refractivity contribution in [2.75, 3.05) is 6.61 Å². The van der Waals surface area contributed by atoms with Crippen LogP contribution in [0.5, 0.6) is 0 Å². The topological polar surface area (TPSA) is 94.8 Å². The van der Waals surface area contributed by atoms with Gasteiger partial charge in [-0.15, -0.1) is 6.58 Å². The zero-order valence-electron chi connectivity index (χ0n) is 7.01. The van der Waals surface area contributed by atoms with Crippen LogP contribution in [0.4, 0.5) is 0 Å². The number of aliphatic carboxylic acids is 2. The van der Waals surface area contributed by atoms with Crippen molar-refractivity contribution < 1.29 is 24.9 Å². The lowest BCUT2D eigenvalue weighted by Gasteiger charge is -1.74. The van der Waals surface area contributed by atoms with Gasteiger partial charge in [0, 0.05) is 18.8 Å². The smallest absolute Gasteiger partial charge is 0.328 e. The molecule has 0 aromatic heterocycles. The molecule has 0 aliphatic heterocycles. The van der Waals surface area contributed by atoms with Gasteiger partial charge in [0.05, 0.1) is 0 Å². The number of hydrogen-bond donors (Lipinski definition) is 3. The quantitative estimate of drug-likeness (QED) is 0.434. The third kappa shape index (κ3) is 25.2. The molecule has 0 unspecified atom stereocenters. The number of carboxylic acid groups (broad SMARTS) is 2. The van der Waals surface area contributed by atoms with Gasteiger partial charge in [-0.05, 0) is 6.42 Å². The van der Waals surface area contributed by atoms with E-state index in [9.17, 15) is 9.59 Å². The summed E-state index contributed by atoms with van der Waals surface area (Å²) < 4.78 is 0. The molecule has 0 rings (SSSR count). The van der Waals surface area contributed by atoms with Crippen molar-refractivity contribution in [1.29, 1.82) is 0 Å². The van der Waals surface area contributed by atoms with Crippen LogP contribution in [0.25, 0.3) is 0 Å². The molecule has 0 amide bonds. The summed E-state index contributed by atoms with van der Waals surface area (Å²) in [5.74, 6) is -2.51. The van der Waals surface area contributed by atoms with Gasteiger partial charge in [0.15, 0.2) is 0 Å². The van der Waals surface area contributed by atoms with Crippen molar-refractivity contribution in [2.24, 2.45) is 0 Å². The van der Waals surface area contributed by atoms with E-state index in [1.54, 1.807) is 6.08 Å². The van der Waals surface area contributed by atoms with Crippen molar-refractivity contribution in [3.63, 3.8) is 0 Å². The molecule has 3 N–H and O–H groups in total. The van der Waals surface area contributed by atoms with Crippen LogP contribution in [0.1, 0.15) is 6.42 Å². The first kappa shape index (κ1) is 13.9. The number of aliphatic hydroxyl groups excluding tert-OH is 1. The molecule has 0 aliphatic rings. The summed E-state index contributed by atoms with van der Waals surface area (Å²) >= 11 is 0. The predicted octanol–water partition coefficient (Wildman–Crippen LogP) is 0.267. The molecule has 0 spiro atoms. The molecule has 0 saturated carbocycles. The standard InChI is InChI=1S/C4H4O4.C4H8O/c5-3(6)1-2-4(7)8;1-2-3-4-5/h1-2H,(H,5,6)(H,7,8);2,5H,1,3-4H2/b2-1-;. The minimum absolute atomic E-state index is 0.226. The fourth-order valence-electron chi connectivity index (χ4n) is 0.234. The van der Waals surface area contributed by atoms with Crippen LogP contribution in [0.3, 0.4) is 0 Å². The molecule has 0 aliphatic carbocycles. The highest BCUT2D eigenvalue weighted by Gasteiger charge is 1.88. The Morgan fingerprint density at radius 1 is 1.15 bits per heavy atom. The number of aliphatic hydroxyl groups is 1. The van der Waals surface area contributed by atoms with Crippen LogP contribution in [-0.2, 0) is 9.59 Å². The Morgan fingerprint density at radius 3 is 1.62 bits per heavy atom. The highest BCUT2D eigenvalue weighted by molar-refractivity contribution is 5.89. The van der Waals surface area contributed by atoms with Crippen LogP contribution in [0.15, 0.2) is 24.8 Å². The first-order valence-electron chi connectivity index (χ1n) is 3.40. The van der Waals surface area contributed by atoms with Gasteiger partial charge in [0.25, 0.3) is 0 Å². The van der Waals surface area contributed by atoms with Gasteiger partial charge in [-0.3, -0.25) is 0 Å². The molecule has 5 nitrogen and oxygen atoms in total. The van der Waals surface area contributed by atoms with Crippen LogP contribution in [-0.4, -0.2) is 33.9 Å². The minimum atomic E-state index is -1.26. The van der Waals surface area contributed by atoms with Gasteiger partial charge < -0.3 is 15.3 Å². The second-order valence-electron chi connectivity index (χ2n) is 1.81. The van der Waals surface area contributed by atoms with E-state index in [1.165, 1.54) is 0 Å². The summed E-state index contributed by atoms with van der Waals surface area (Å²) in [6, 6.07) is 0. The highest BCUT2D eigenvalue weighted by atomic mass is 16.4. The van der Waals surface area contributed by atoms with Gasteiger partial charge in [-0.2, -0.15) is 0 Å². The van der Waals surface area contributed by atoms with Crippen LogP contribution in [0, 0.1) is 0 Å². The number of carbonyl (C=O) groups is 2. The Labute approximate surface area is 75.6 Å². The van der Waals surface area contributed by atoms with E-state index in [4.69, 9.17) is 15.3 Å². The van der Waals surface area contributed by atoms with E-state index in [-0.39, 0.29) is 6.61 Å².